The average molecular weight is 502 g/mol. The van der Waals surface area contributed by atoms with Crippen LogP contribution in [0.5, 0.6) is 5.75 Å². The lowest BCUT2D eigenvalue weighted by molar-refractivity contribution is 0.0718. The SMILES string of the molecule is O=C(Oc1c(F)c(F)c(S(=O)(=O)O)c(F)c1F)c1c(-c2ccccc2)cccc1-c1ccccc1. The van der Waals surface area contributed by atoms with Crippen LogP contribution in [0.25, 0.3) is 22.3 Å². The molecule has 0 atom stereocenters. The van der Waals surface area contributed by atoms with Crippen molar-refractivity contribution in [3.63, 3.8) is 0 Å². The molecule has 0 aliphatic carbocycles. The Morgan fingerprint density at radius 3 is 1.49 bits per heavy atom. The van der Waals surface area contributed by atoms with Gasteiger partial charge in [-0.25, -0.2) is 13.6 Å². The number of rotatable bonds is 5. The molecule has 0 saturated carbocycles. The van der Waals surface area contributed by atoms with E-state index in [1.165, 1.54) is 0 Å². The van der Waals surface area contributed by atoms with Gasteiger partial charge in [-0.05, 0) is 22.3 Å². The van der Waals surface area contributed by atoms with Crippen molar-refractivity contribution in [3.05, 3.63) is 108 Å². The minimum absolute atomic E-state index is 0.164. The van der Waals surface area contributed by atoms with Crippen molar-refractivity contribution in [1.82, 2.24) is 0 Å². The van der Waals surface area contributed by atoms with Gasteiger partial charge in [-0.3, -0.25) is 4.55 Å². The fourth-order valence-electron chi connectivity index (χ4n) is 3.54. The predicted molar refractivity (Wildman–Crippen MR) is 118 cm³/mol. The maximum atomic E-state index is 14.5. The van der Waals surface area contributed by atoms with Crippen LogP contribution in [0.15, 0.2) is 83.8 Å². The Hall–Kier alpha value is -4.02. The summed E-state index contributed by atoms with van der Waals surface area (Å²) in [5.41, 5.74) is 1.51. The highest BCUT2D eigenvalue weighted by molar-refractivity contribution is 7.85. The molecule has 0 saturated heterocycles. The molecule has 0 amide bonds. The molecular weight excluding hydrogens is 488 g/mol. The summed E-state index contributed by atoms with van der Waals surface area (Å²) in [6, 6.07) is 21.6. The third-order valence-corrected chi connectivity index (χ3v) is 5.95. The molecule has 0 aliphatic heterocycles. The molecule has 1 N–H and O–H groups in total. The summed E-state index contributed by atoms with van der Waals surface area (Å²) in [5.74, 6) is -12.6. The molecule has 0 aromatic heterocycles. The van der Waals surface area contributed by atoms with Crippen LogP contribution >= 0.6 is 0 Å². The molecule has 0 unspecified atom stereocenters. The first-order valence-electron chi connectivity index (χ1n) is 9.90. The summed E-state index contributed by atoms with van der Waals surface area (Å²) >= 11 is 0. The van der Waals surface area contributed by atoms with Crippen LogP contribution in [0.2, 0.25) is 0 Å². The van der Waals surface area contributed by atoms with E-state index in [0.717, 1.165) is 0 Å². The minimum atomic E-state index is -5.66. The van der Waals surface area contributed by atoms with Crippen molar-refractivity contribution in [2.45, 2.75) is 4.90 Å². The molecule has 10 heteroatoms. The van der Waals surface area contributed by atoms with E-state index in [1.54, 1.807) is 78.9 Å². The maximum Gasteiger partial charge on any atom is 0.345 e. The Balaban J connectivity index is 1.91. The standard InChI is InChI=1S/C25H14F4O5S/c26-19-21(28)24(35(31,32)33)22(29)20(27)23(19)34-25(30)18-16(14-8-3-1-4-9-14)12-7-13-17(18)15-10-5-2-6-11-15/h1-13H,(H,31,32,33). The second-order valence-electron chi connectivity index (χ2n) is 7.24. The summed E-state index contributed by atoms with van der Waals surface area (Å²) < 4.78 is 93.5. The van der Waals surface area contributed by atoms with Gasteiger partial charge in [0, 0.05) is 0 Å². The number of carbonyl (C=O) groups excluding carboxylic acids is 1. The van der Waals surface area contributed by atoms with E-state index in [9.17, 15) is 30.8 Å². The Morgan fingerprint density at radius 1 is 0.657 bits per heavy atom. The number of halogens is 4. The molecule has 178 valence electrons. The smallest absolute Gasteiger partial charge is 0.345 e. The normalized spacial score (nSPS) is 11.3. The van der Waals surface area contributed by atoms with E-state index in [2.05, 4.69) is 0 Å². The Kier molecular flexibility index (Phi) is 6.42. The van der Waals surface area contributed by atoms with Crippen molar-refractivity contribution in [2.75, 3.05) is 0 Å². The zero-order valence-corrected chi connectivity index (χ0v) is 18.3. The fraction of sp³-hybridized carbons (Fsp3) is 0. The molecule has 0 heterocycles. The first kappa shape index (κ1) is 24.1. The highest BCUT2D eigenvalue weighted by Gasteiger charge is 2.34. The molecular formula is C25H14F4O5S. The van der Waals surface area contributed by atoms with Gasteiger partial charge in [0.15, 0.2) is 16.5 Å². The zero-order chi connectivity index (χ0) is 25.3. The minimum Gasteiger partial charge on any atom is -0.416 e. The summed E-state index contributed by atoms with van der Waals surface area (Å²) in [7, 11) is -5.66. The highest BCUT2D eigenvalue weighted by Crippen LogP contribution is 2.36. The first-order valence-corrected chi connectivity index (χ1v) is 11.3. The fourth-order valence-corrected chi connectivity index (χ4v) is 4.17. The molecule has 5 nitrogen and oxygen atoms in total. The van der Waals surface area contributed by atoms with Gasteiger partial charge in [0.1, 0.15) is 0 Å². The van der Waals surface area contributed by atoms with Crippen molar-refractivity contribution in [1.29, 1.82) is 0 Å². The van der Waals surface area contributed by atoms with Crippen LogP contribution in [-0.2, 0) is 10.1 Å². The van der Waals surface area contributed by atoms with Crippen molar-refractivity contribution in [2.24, 2.45) is 0 Å². The van der Waals surface area contributed by atoms with E-state index in [4.69, 9.17) is 9.29 Å². The van der Waals surface area contributed by atoms with Gasteiger partial charge in [0.25, 0.3) is 0 Å². The molecule has 4 aromatic rings. The lowest BCUT2D eigenvalue weighted by atomic mass is 9.92. The van der Waals surface area contributed by atoms with Gasteiger partial charge in [0.2, 0.25) is 17.4 Å². The number of hydrogen-bond donors (Lipinski definition) is 1. The van der Waals surface area contributed by atoms with Crippen LogP contribution in [0.1, 0.15) is 10.4 Å². The zero-order valence-electron chi connectivity index (χ0n) is 17.5. The van der Waals surface area contributed by atoms with Gasteiger partial charge in [0.05, 0.1) is 5.56 Å². The molecule has 4 aromatic carbocycles. The van der Waals surface area contributed by atoms with Gasteiger partial charge in [-0.2, -0.15) is 17.2 Å². The second-order valence-corrected chi connectivity index (χ2v) is 8.60. The molecule has 0 spiro atoms. The van der Waals surface area contributed by atoms with E-state index < -0.39 is 50.0 Å². The number of esters is 1. The topological polar surface area (TPSA) is 80.7 Å². The molecule has 35 heavy (non-hydrogen) atoms. The number of ether oxygens (including phenoxy) is 1. The van der Waals surface area contributed by atoms with Crippen LogP contribution in [0, 0.1) is 23.3 Å². The monoisotopic (exact) mass is 502 g/mol. The van der Waals surface area contributed by atoms with Crippen LogP contribution < -0.4 is 4.74 Å². The van der Waals surface area contributed by atoms with Crippen molar-refractivity contribution in [3.8, 4) is 28.0 Å². The largest absolute Gasteiger partial charge is 0.416 e. The highest BCUT2D eigenvalue weighted by atomic mass is 32.2. The van der Waals surface area contributed by atoms with E-state index in [1.807, 2.05) is 0 Å². The Bertz CT molecular complexity index is 1450. The summed E-state index contributed by atoms with van der Waals surface area (Å²) in [6.45, 7) is 0. The second kappa shape index (κ2) is 9.32. The van der Waals surface area contributed by atoms with Crippen LogP contribution in [0.4, 0.5) is 17.6 Å². The molecule has 0 radical (unpaired) electrons. The third kappa shape index (κ3) is 4.53. The first-order chi connectivity index (χ1) is 16.6. The number of hydrogen-bond acceptors (Lipinski definition) is 4. The van der Waals surface area contributed by atoms with Crippen LogP contribution in [-0.4, -0.2) is 18.9 Å². The molecule has 0 fully saturated rings. The predicted octanol–water partition coefficient (Wildman–Crippen LogP) is 6.04. The molecule has 4 rings (SSSR count). The molecule has 0 aliphatic rings. The third-order valence-electron chi connectivity index (χ3n) is 5.07. The maximum absolute atomic E-state index is 14.5. The summed E-state index contributed by atoms with van der Waals surface area (Å²) in [5, 5.41) is 0. The van der Waals surface area contributed by atoms with Crippen molar-refractivity contribution >= 4 is 16.1 Å². The van der Waals surface area contributed by atoms with Crippen molar-refractivity contribution < 1.29 is 40.1 Å². The number of carbonyl (C=O) groups is 1. The summed E-state index contributed by atoms with van der Waals surface area (Å²) in [4.78, 5) is 11.0. The van der Waals surface area contributed by atoms with E-state index >= 15 is 0 Å². The Labute approximate surface area is 197 Å². The van der Waals surface area contributed by atoms with Gasteiger partial charge < -0.3 is 4.74 Å². The quantitative estimate of drug-likeness (QED) is 0.118. The van der Waals surface area contributed by atoms with Gasteiger partial charge in [-0.15, -0.1) is 0 Å². The average Bonchev–Trinajstić information content (AvgIpc) is 2.85. The Morgan fingerprint density at radius 2 is 1.09 bits per heavy atom. The summed E-state index contributed by atoms with van der Waals surface area (Å²) in [6.07, 6.45) is 0. The molecule has 0 bridgehead atoms. The number of benzene rings is 4. The van der Waals surface area contributed by atoms with Gasteiger partial charge in [-0.1, -0.05) is 78.9 Å². The van der Waals surface area contributed by atoms with E-state index in [-0.39, 0.29) is 5.56 Å². The lowest BCUT2D eigenvalue weighted by Crippen LogP contribution is -2.17. The van der Waals surface area contributed by atoms with Gasteiger partial charge >= 0.3 is 16.1 Å². The lowest BCUT2D eigenvalue weighted by Gasteiger charge is -2.16. The van der Waals surface area contributed by atoms with Crippen LogP contribution in [0.3, 0.4) is 0 Å². The van der Waals surface area contributed by atoms with E-state index in [0.29, 0.717) is 22.3 Å².